The van der Waals surface area contributed by atoms with Gasteiger partial charge in [-0.3, -0.25) is 0 Å². The number of benzene rings is 1. The van der Waals surface area contributed by atoms with Crippen molar-refractivity contribution < 1.29 is 9.47 Å². The molecule has 2 heteroatoms. The summed E-state index contributed by atoms with van der Waals surface area (Å²) in [6.45, 7) is 3.43. The Kier molecular flexibility index (Phi) is 3.63. The number of para-hydroxylation sites is 1. The molecule has 1 rings (SSSR count). The van der Waals surface area contributed by atoms with Crippen LogP contribution < -0.4 is 9.47 Å². The summed E-state index contributed by atoms with van der Waals surface area (Å²) in [5, 5.41) is 0. The molecular formula is C12H12O2. The molecule has 0 aliphatic heterocycles. The van der Waals surface area contributed by atoms with E-state index < -0.39 is 0 Å². The molecule has 0 saturated carbocycles. The Morgan fingerprint density at radius 1 is 1.29 bits per heavy atom. The fourth-order valence-corrected chi connectivity index (χ4v) is 1.15. The minimum absolute atomic E-state index is 0.692. The minimum Gasteiger partial charge on any atom is -0.493 e. The zero-order chi connectivity index (χ0) is 10.4. The van der Waals surface area contributed by atoms with Crippen LogP contribution in [0.2, 0.25) is 0 Å². The van der Waals surface area contributed by atoms with E-state index in [4.69, 9.17) is 9.47 Å². The monoisotopic (exact) mass is 188 g/mol. The van der Waals surface area contributed by atoms with E-state index >= 15 is 0 Å². The normalized spacial score (nSPS) is 8.43. The van der Waals surface area contributed by atoms with Crippen LogP contribution in [-0.2, 0) is 0 Å². The average Bonchev–Trinajstić information content (AvgIpc) is 2.25. The second-order valence-electron chi connectivity index (χ2n) is 2.55. The van der Waals surface area contributed by atoms with Gasteiger partial charge in [-0.25, -0.2) is 0 Å². The number of hydrogen-bond donors (Lipinski definition) is 0. The summed E-state index contributed by atoms with van der Waals surface area (Å²) in [5.41, 5.74) is 6.21. The Morgan fingerprint density at radius 3 is 2.64 bits per heavy atom. The van der Waals surface area contributed by atoms with Gasteiger partial charge in [-0.2, -0.15) is 0 Å². The Hall–Kier alpha value is -1.88. The zero-order valence-electron chi connectivity index (χ0n) is 8.33. The molecule has 2 nitrogen and oxygen atoms in total. The molecule has 0 unspecified atom stereocenters. The highest BCUT2D eigenvalue weighted by Gasteiger charge is 2.05. The first-order chi connectivity index (χ1) is 6.83. The van der Waals surface area contributed by atoms with Crippen molar-refractivity contribution >= 4 is 6.08 Å². The highest BCUT2D eigenvalue weighted by atomic mass is 16.5. The highest BCUT2D eigenvalue weighted by Crippen LogP contribution is 2.31. The fourth-order valence-electron chi connectivity index (χ4n) is 1.15. The number of ether oxygens (including phenoxy) is 2. The van der Waals surface area contributed by atoms with E-state index in [1.165, 1.54) is 0 Å². The summed E-state index contributed by atoms with van der Waals surface area (Å²) >= 11 is 0. The maximum atomic E-state index is 5.22. The lowest BCUT2D eigenvalue weighted by Crippen LogP contribution is -1.92. The summed E-state index contributed by atoms with van der Waals surface area (Å²) in [5.74, 6) is 1.39. The van der Waals surface area contributed by atoms with Crippen LogP contribution in [-0.4, -0.2) is 14.2 Å². The first-order valence-corrected chi connectivity index (χ1v) is 4.15. The van der Waals surface area contributed by atoms with Crippen LogP contribution in [0.1, 0.15) is 5.56 Å². The third-order valence-corrected chi connectivity index (χ3v) is 1.76. The van der Waals surface area contributed by atoms with Crippen molar-refractivity contribution in [2.24, 2.45) is 0 Å². The summed E-state index contributed by atoms with van der Waals surface area (Å²) in [7, 11) is 3.21. The van der Waals surface area contributed by atoms with Crippen LogP contribution in [0.3, 0.4) is 0 Å². The Morgan fingerprint density at radius 2 is 2.07 bits per heavy atom. The molecule has 72 valence electrons. The molecule has 0 saturated heterocycles. The molecule has 0 spiro atoms. The van der Waals surface area contributed by atoms with Crippen LogP contribution >= 0.6 is 0 Å². The van der Waals surface area contributed by atoms with E-state index in [1.807, 2.05) is 18.2 Å². The van der Waals surface area contributed by atoms with Gasteiger partial charge in [0, 0.05) is 5.56 Å². The molecular weight excluding hydrogens is 176 g/mol. The summed E-state index contributed by atoms with van der Waals surface area (Å²) in [6.07, 6.45) is 1.74. The maximum Gasteiger partial charge on any atom is 0.168 e. The smallest absolute Gasteiger partial charge is 0.168 e. The first-order valence-electron chi connectivity index (χ1n) is 4.15. The summed E-state index contributed by atoms with van der Waals surface area (Å²) in [6, 6.07) is 5.64. The molecule has 0 bridgehead atoms. The van der Waals surface area contributed by atoms with E-state index in [-0.39, 0.29) is 0 Å². The number of hydrogen-bond acceptors (Lipinski definition) is 2. The molecule has 0 atom stereocenters. The molecule has 0 N–H and O–H groups in total. The Labute approximate surface area is 83.8 Å². The van der Waals surface area contributed by atoms with Crippen LogP contribution in [0.4, 0.5) is 0 Å². The van der Waals surface area contributed by atoms with E-state index in [1.54, 1.807) is 20.3 Å². The van der Waals surface area contributed by atoms with E-state index in [9.17, 15) is 0 Å². The highest BCUT2D eigenvalue weighted by molar-refractivity contribution is 5.61. The van der Waals surface area contributed by atoms with Crippen molar-refractivity contribution in [1.29, 1.82) is 0 Å². The van der Waals surface area contributed by atoms with Gasteiger partial charge < -0.3 is 9.47 Å². The zero-order valence-corrected chi connectivity index (χ0v) is 8.33. The van der Waals surface area contributed by atoms with Crippen molar-refractivity contribution in [2.45, 2.75) is 0 Å². The van der Waals surface area contributed by atoms with Gasteiger partial charge in [-0.15, -0.1) is 0 Å². The molecule has 1 aromatic rings. The second-order valence-corrected chi connectivity index (χ2v) is 2.55. The number of methoxy groups -OCH3 is 2. The fraction of sp³-hybridized carbons (Fsp3) is 0.167. The molecule has 14 heavy (non-hydrogen) atoms. The molecule has 1 aromatic carbocycles. The average molecular weight is 188 g/mol. The molecule has 0 amide bonds. The summed E-state index contributed by atoms with van der Waals surface area (Å²) in [4.78, 5) is 0. The van der Waals surface area contributed by atoms with Gasteiger partial charge in [-0.1, -0.05) is 23.6 Å². The van der Waals surface area contributed by atoms with Crippen molar-refractivity contribution in [3.63, 3.8) is 0 Å². The van der Waals surface area contributed by atoms with Gasteiger partial charge in [-0.05, 0) is 18.7 Å². The van der Waals surface area contributed by atoms with Crippen LogP contribution in [0.5, 0.6) is 11.5 Å². The van der Waals surface area contributed by atoms with Crippen molar-refractivity contribution in [1.82, 2.24) is 0 Å². The lowest BCUT2D eigenvalue weighted by atomic mass is 10.2. The van der Waals surface area contributed by atoms with Gasteiger partial charge in [0.25, 0.3) is 0 Å². The van der Waals surface area contributed by atoms with Gasteiger partial charge in [0.1, 0.15) is 0 Å². The Bertz CT molecular complexity index is 395. The largest absolute Gasteiger partial charge is 0.493 e. The molecule has 0 heterocycles. The van der Waals surface area contributed by atoms with Gasteiger partial charge in [0.15, 0.2) is 11.5 Å². The maximum absolute atomic E-state index is 5.22. The van der Waals surface area contributed by atoms with Gasteiger partial charge in [0.05, 0.1) is 14.2 Å². The van der Waals surface area contributed by atoms with Gasteiger partial charge >= 0.3 is 0 Å². The molecule has 0 aromatic heterocycles. The van der Waals surface area contributed by atoms with Crippen molar-refractivity contribution in [2.75, 3.05) is 14.2 Å². The predicted octanol–water partition coefficient (Wildman–Crippen LogP) is 2.66. The predicted molar refractivity (Wildman–Crippen MR) is 56.7 cm³/mol. The van der Waals surface area contributed by atoms with Crippen LogP contribution in [0, 0.1) is 0 Å². The van der Waals surface area contributed by atoms with Crippen molar-refractivity contribution in [3.05, 3.63) is 41.8 Å². The van der Waals surface area contributed by atoms with Crippen LogP contribution in [0.25, 0.3) is 6.08 Å². The topological polar surface area (TPSA) is 18.5 Å². The quantitative estimate of drug-likeness (QED) is 0.679. The third kappa shape index (κ3) is 2.08. The van der Waals surface area contributed by atoms with E-state index in [0.717, 1.165) is 5.56 Å². The molecule has 0 aliphatic carbocycles. The molecule has 0 aliphatic rings. The second kappa shape index (κ2) is 4.98. The lowest BCUT2D eigenvalue weighted by Gasteiger charge is -2.08. The van der Waals surface area contributed by atoms with E-state index in [2.05, 4.69) is 18.0 Å². The SMILES string of the molecule is C=C=C=Cc1cccc(OC)c1OC. The van der Waals surface area contributed by atoms with E-state index in [0.29, 0.717) is 11.5 Å². The van der Waals surface area contributed by atoms with Gasteiger partial charge in [0.2, 0.25) is 0 Å². The minimum atomic E-state index is 0.692. The lowest BCUT2D eigenvalue weighted by molar-refractivity contribution is 0.354. The Balaban J connectivity index is 3.28. The standard InChI is InChI=1S/C12H12O2/c1-4-5-7-10-8-6-9-11(13-2)12(10)14-3/h6-9H,1H2,2-3H3. The third-order valence-electron chi connectivity index (χ3n) is 1.76. The van der Waals surface area contributed by atoms with Crippen molar-refractivity contribution in [3.8, 4) is 11.5 Å². The molecule has 0 radical (unpaired) electrons. The van der Waals surface area contributed by atoms with Crippen LogP contribution in [0.15, 0.2) is 36.2 Å². The first kappa shape index (κ1) is 10.2. The summed E-state index contributed by atoms with van der Waals surface area (Å²) < 4.78 is 10.4. The number of rotatable bonds is 3. The molecule has 0 fully saturated rings.